The Balaban J connectivity index is 1.92. The molecular formula is C24H29ClN4O3. The number of amides is 3. The number of anilines is 2. The van der Waals surface area contributed by atoms with E-state index in [2.05, 4.69) is 15.5 Å². The van der Waals surface area contributed by atoms with Gasteiger partial charge in [-0.3, -0.25) is 14.4 Å². The molecule has 8 heteroatoms. The van der Waals surface area contributed by atoms with Crippen LogP contribution in [0.1, 0.15) is 47.9 Å². The van der Waals surface area contributed by atoms with Crippen molar-refractivity contribution in [3.05, 3.63) is 58.6 Å². The van der Waals surface area contributed by atoms with E-state index in [-0.39, 0.29) is 23.8 Å². The Labute approximate surface area is 193 Å². The van der Waals surface area contributed by atoms with Crippen LogP contribution in [0.25, 0.3) is 0 Å². The van der Waals surface area contributed by atoms with E-state index in [0.29, 0.717) is 41.5 Å². The van der Waals surface area contributed by atoms with E-state index in [1.807, 2.05) is 24.8 Å². The third-order valence-corrected chi connectivity index (χ3v) is 5.53. The standard InChI is InChI=1S/C24H29ClN4O3/c1-16(2)26-23(31)19-8-9-22(29-11-5-10-28(12-13-29)17(3)30)21(15-19)27-24(32)18-6-4-7-20(25)14-18/h4,6-9,14-16H,5,10-13H2,1-3H3,(H,26,31)(H,27,32). The molecule has 2 aromatic rings. The number of hydrogen-bond donors (Lipinski definition) is 2. The number of hydrogen-bond acceptors (Lipinski definition) is 4. The lowest BCUT2D eigenvalue weighted by molar-refractivity contribution is -0.128. The van der Waals surface area contributed by atoms with Crippen molar-refractivity contribution >= 4 is 40.7 Å². The molecule has 32 heavy (non-hydrogen) atoms. The lowest BCUT2D eigenvalue weighted by Crippen LogP contribution is -2.34. The number of rotatable bonds is 5. The molecule has 0 aliphatic carbocycles. The minimum atomic E-state index is -0.310. The molecule has 0 unspecified atom stereocenters. The van der Waals surface area contributed by atoms with Crippen molar-refractivity contribution in [1.82, 2.24) is 10.2 Å². The molecule has 170 valence electrons. The first-order chi connectivity index (χ1) is 15.2. The molecule has 3 rings (SSSR count). The first-order valence-electron chi connectivity index (χ1n) is 10.8. The number of carbonyl (C=O) groups excluding carboxylic acids is 3. The minimum Gasteiger partial charge on any atom is -0.368 e. The Morgan fingerprint density at radius 3 is 2.38 bits per heavy atom. The molecule has 0 saturated carbocycles. The predicted molar refractivity (Wildman–Crippen MR) is 128 cm³/mol. The van der Waals surface area contributed by atoms with Crippen LogP contribution in [0.2, 0.25) is 5.02 Å². The van der Waals surface area contributed by atoms with Gasteiger partial charge in [-0.15, -0.1) is 0 Å². The SMILES string of the molecule is CC(=O)N1CCCN(c2ccc(C(=O)NC(C)C)cc2NC(=O)c2cccc(Cl)c2)CC1. The summed E-state index contributed by atoms with van der Waals surface area (Å²) in [6, 6.07) is 12.0. The largest absolute Gasteiger partial charge is 0.368 e. The van der Waals surface area contributed by atoms with Crippen LogP contribution in [0.5, 0.6) is 0 Å². The molecule has 1 saturated heterocycles. The fourth-order valence-electron chi connectivity index (χ4n) is 3.70. The molecule has 1 heterocycles. The highest BCUT2D eigenvalue weighted by Crippen LogP contribution is 2.29. The Morgan fingerprint density at radius 1 is 0.938 bits per heavy atom. The Hall–Kier alpha value is -3.06. The molecule has 0 atom stereocenters. The second-order valence-electron chi connectivity index (χ2n) is 8.17. The van der Waals surface area contributed by atoms with E-state index >= 15 is 0 Å². The molecule has 2 N–H and O–H groups in total. The molecule has 3 amide bonds. The van der Waals surface area contributed by atoms with Crippen LogP contribution in [-0.4, -0.2) is 54.8 Å². The zero-order chi connectivity index (χ0) is 23.3. The zero-order valence-electron chi connectivity index (χ0n) is 18.7. The maximum atomic E-state index is 12.9. The molecule has 1 fully saturated rings. The summed E-state index contributed by atoms with van der Waals surface area (Å²) in [6.07, 6.45) is 0.816. The average Bonchev–Trinajstić information content (AvgIpc) is 2.99. The third-order valence-electron chi connectivity index (χ3n) is 5.30. The van der Waals surface area contributed by atoms with Crippen molar-refractivity contribution in [1.29, 1.82) is 0 Å². The monoisotopic (exact) mass is 456 g/mol. The molecule has 7 nitrogen and oxygen atoms in total. The fraction of sp³-hybridized carbons (Fsp3) is 0.375. The van der Waals surface area contributed by atoms with Crippen molar-refractivity contribution in [2.75, 3.05) is 36.4 Å². The molecule has 0 spiro atoms. The number of benzene rings is 2. The summed E-state index contributed by atoms with van der Waals surface area (Å²) in [5.41, 5.74) is 2.25. The molecule has 0 radical (unpaired) electrons. The Morgan fingerprint density at radius 2 is 1.69 bits per heavy atom. The van der Waals surface area contributed by atoms with Gasteiger partial charge in [0.2, 0.25) is 5.91 Å². The molecule has 0 aromatic heterocycles. The fourth-order valence-corrected chi connectivity index (χ4v) is 3.89. The highest BCUT2D eigenvalue weighted by Gasteiger charge is 2.21. The number of nitrogens with one attached hydrogen (secondary N) is 2. The number of halogens is 1. The van der Waals surface area contributed by atoms with Crippen molar-refractivity contribution in [2.24, 2.45) is 0 Å². The lowest BCUT2D eigenvalue weighted by atomic mass is 10.1. The van der Waals surface area contributed by atoms with Crippen LogP contribution >= 0.6 is 11.6 Å². The maximum absolute atomic E-state index is 12.9. The van der Waals surface area contributed by atoms with Crippen molar-refractivity contribution < 1.29 is 14.4 Å². The van der Waals surface area contributed by atoms with Gasteiger partial charge in [-0.25, -0.2) is 0 Å². The molecule has 2 aromatic carbocycles. The van der Waals surface area contributed by atoms with Crippen LogP contribution < -0.4 is 15.5 Å². The first kappa shape index (κ1) is 23.6. The summed E-state index contributed by atoms with van der Waals surface area (Å²) >= 11 is 6.04. The maximum Gasteiger partial charge on any atom is 0.255 e. The summed E-state index contributed by atoms with van der Waals surface area (Å²) in [6.45, 7) is 8.04. The number of nitrogens with zero attached hydrogens (tertiary/aromatic N) is 2. The van der Waals surface area contributed by atoms with Gasteiger partial charge in [0.1, 0.15) is 0 Å². The first-order valence-corrected chi connectivity index (χ1v) is 11.1. The van der Waals surface area contributed by atoms with Gasteiger partial charge in [0.05, 0.1) is 11.4 Å². The molecular weight excluding hydrogens is 428 g/mol. The van der Waals surface area contributed by atoms with E-state index in [4.69, 9.17) is 11.6 Å². The van der Waals surface area contributed by atoms with Gasteiger partial charge in [-0.1, -0.05) is 17.7 Å². The summed E-state index contributed by atoms with van der Waals surface area (Å²) in [4.78, 5) is 41.3. The Kier molecular flexibility index (Phi) is 7.75. The highest BCUT2D eigenvalue weighted by molar-refractivity contribution is 6.31. The summed E-state index contributed by atoms with van der Waals surface area (Å²) in [5.74, 6) is -0.458. The van der Waals surface area contributed by atoms with E-state index in [1.165, 1.54) is 0 Å². The second kappa shape index (κ2) is 10.5. The normalized spacial score (nSPS) is 14.2. The molecule has 0 bridgehead atoms. The van der Waals surface area contributed by atoms with Gasteiger partial charge < -0.3 is 20.4 Å². The van der Waals surface area contributed by atoms with Crippen molar-refractivity contribution in [3.63, 3.8) is 0 Å². The smallest absolute Gasteiger partial charge is 0.255 e. The quantitative estimate of drug-likeness (QED) is 0.717. The van der Waals surface area contributed by atoms with E-state index < -0.39 is 0 Å². The van der Waals surface area contributed by atoms with Gasteiger partial charge in [0.25, 0.3) is 11.8 Å². The molecule has 1 aliphatic heterocycles. The highest BCUT2D eigenvalue weighted by atomic mass is 35.5. The molecule has 1 aliphatic rings. The van der Waals surface area contributed by atoms with Gasteiger partial charge in [-0.2, -0.15) is 0 Å². The van der Waals surface area contributed by atoms with Crippen LogP contribution in [0.4, 0.5) is 11.4 Å². The van der Waals surface area contributed by atoms with E-state index in [0.717, 1.165) is 18.7 Å². The third kappa shape index (κ3) is 6.01. The van der Waals surface area contributed by atoms with Gasteiger partial charge in [-0.05, 0) is 56.7 Å². The zero-order valence-corrected chi connectivity index (χ0v) is 19.4. The van der Waals surface area contributed by atoms with E-state index in [9.17, 15) is 14.4 Å². The van der Waals surface area contributed by atoms with Gasteiger partial charge in [0.15, 0.2) is 0 Å². The van der Waals surface area contributed by atoms with Gasteiger partial charge in [0, 0.05) is 55.3 Å². The lowest BCUT2D eigenvalue weighted by Gasteiger charge is -2.26. The van der Waals surface area contributed by atoms with Crippen molar-refractivity contribution in [3.8, 4) is 0 Å². The second-order valence-corrected chi connectivity index (χ2v) is 8.61. The topological polar surface area (TPSA) is 81.8 Å². The van der Waals surface area contributed by atoms with Crippen molar-refractivity contribution in [2.45, 2.75) is 33.2 Å². The van der Waals surface area contributed by atoms with Crippen LogP contribution in [-0.2, 0) is 4.79 Å². The van der Waals surface area contributed by atoms with E-state index in [1.54, 1.807) is 43.3 Å². The number of carbonyl (C=O) groups is 3. The van der Waals surface area contributed by atoms with Gasteiger partial charge >= 0.3 is 0 Å². The minimum absolute atomic E-state index is 0.00477. The predicted octanol–water partition coefficient (Wildman–Crippen LogP) is 3.79. The Bertz CT molecular complexity index is 1010. The van der Waals surface area contributed by atoms with Crippen LogP contribution in [0.3, 0.4) is 0 Å². The summed E-state index contributed by atoms with van der Waals surface area (Å²) < 4.78 is 0. The van der Waals surface area contributed by atoms with Crippen LogP contribution in [0.15, 0.2) is 42.5 Å². The summed E-state index contributed by atoms with van der Waals surface area (Å²) in [5, 5.41) is 6.31. The summed E-state index contributed by atoms with van der Waals surface area (Å²) in [7, 11) is 0. The van der Waals surface area contributed by atoms with Crippen LogP contribution in [0, 0.1) is 0 Å². The average molecular weight is 457 g/mol.